The van der Waals surface area contributed by atoms with E-state index in [1.165, 1.54) is 0 Å². The highest BCUT2D eigenvalue weighted by Crippen LogP contribution is 2.26. The normalized spacial score (nSPS) is 13.2. The molecule has 0 radical (unpaired) electrons. The Balaban J connectivity index is 1.06. The molecule has 246 valence electrons. The minimum Gasteiger partial charge on any atom is -0.494 e. The van der Waals surface area contributed by atoms with Crippen molar-refractivity contribution in [1.82, 2.24) is 0 Å². The van der Waals surface area contributed by atoms with Gasteiger partial charge in [-0.05, 0) is 98.5 Å². The molecule has 0 aliphatic carbocycles. The zero-order valence-electron chi connectivity index (χ0n) is 26.3. The summed E-state index contributed by atoms with van der Waals surface area (Å²) in [5.41, 5.74) is 0.598. The van der Waals surface area contributed by atoms with Crippen molar-refractivity contribution in [3.63, 3.8) is 0 Å². The van der Waals surface area contributed by atoms with Crippen LogP contribution in [-0.4, -0.2) is 65.0 Å². The second-order valence-electron chi connectivity index (χ2n) is 11.1. The SMILES string of the molecule is C=CC(=O)OCCCCOc1ccc(OCOc2ccc(OC(=O)c3ccc(OCCCCOCC4(C)COC4)cc3)cc2)cc1. The monoisotopic (exact) mass is 634 g/mol. The van der Waals surface area contributed by atoms with Crippen LogP contribution in [0.5, 0.6) is 28.7 Å². The maximum Gasteiger partial charge on any atom is 0.343 e. The number of esters is 2. The van der Waals surface area contributed by atoms with Crippen molar-refractivity contribution in [3.8, 4) is 28.7 Å². The van der Waals surface area contributed by atoms with Crippen LogP contribution in [0.25, 0.3) is 0 Å². The molecule has 0 N–H and O–H groups in total. The van der Waals surface area contributed by atoms with Crippen LogP contribution in [0.3, 0.4) is 0 Å². The Labute approximate surface area is 270 Å². The van der Waals surface area contributed by atoms with Crippen LogP contribution in [0, 0.1) is 5.41 Å². The minimum atomic E-state index is -0.465. The number of hydrogen-bond acceptors (Lipinski definition) is 10. The second-order valence-corrected chi connectivity index (χ2v) is 11.1. The van der Waals surface area contributed by atoms with Gasteiger partial charge in [-0.2, -0.15) is 0 Å². The van der Waals surface area contributed by atoms with E-state index in [0.29, 0.717) is 67.2 Å². The van der Waals surface area contributed by atoms with E-state index < -0.39 is 11.9 Å². The lowest BCUT2D eigenvalue weighted by atomic mass is 9.90. The fourth-order valence-corrected chi connectivity index (χ4v) is 4.23. The molecular formula is C36H42O10. The maximum atomic E-state index is 12.6. The Kier molecular flexibility index (Phi) is 13.8. The Morgan fingerprint density at radius 3 is 1.70 bits per heavy atom. The first-order valence-corrected chi connectivity index (χ1v) is 15.4. The van der Waals surface area contributed by atoms with E-state index in [1.54, 1.807) is 60.7 Å². The summed E-state index contributed by atoms with van der Waals surface area (Å²) in [5, 5.41) is 0. The predicted octanol–water partition coefficient (Wildman–Crippen LogP) is 6.42. The molecule has 0 bridgehead atoms. The van der Waals surface area contributed by atoms with Crippen LogP contribution < -0.4 is 23.7 Å². The summed E-state index contributed by atoms with van der Waals surface area (Å²) in [5.74, 6) is 2.11. The van der Waals surface area contributed by atoms with Crippen LogP contribution >= 0.6 is 0 Å². The second kappa shape index (κ2) is 18.4. The number of benzene rings is 3. The van der Waals surface area contributed by atoms with Gasteiger partial charge in [-0.1, -0.05) is 13.5 Å². The summed E-state index contributed by atoms with van der Waals surface area (Å²) in [6.45, 7) is 9.94. The third-order valence-electron chi connectivity index (χ3n) is 6.92. The lowest BCUT2D eigenvalue weighted by molar-refractivity contribution is -0.138. The van der Waals surface area contributed by atoms with Crippen molar-refractivity contribution in [2.24, 2.45) is 5.41 Å². The molecule has 3 aromatic rings. The van der Waals surface area contributed by atoms with Crippen LogP contribution in [-0.2, 0) is 19.0 Å². The molecule has 0 amide bonds. The minimum absolute atomic E-state index is 0.000284. The molecule has 0 aromatic heterocycles. The largest absolute Gasteiger partial charge is 0.494 e. The van der Waals surface area contributed by atoms with E-state index in [4.69, 9.17) is 37.9 Å². The van der Waals surface area contributed by atoms with Gasteiger partial charge in [0.05, 0.1) is 45.2 Å². The van der Waals surface area contributed by atoms with Gasteiger partial charge in [-0.25, -0.2) is 9.59 Å². The number of rotatable bonds is 21. The highest BCUT2D eigenvalue weighted by atomic mass is 16.7. The van der Waals surface area contributed by atoms with Crippen LogP contribution in [0.4, 0.5) is 0 Å². The van der Waals surface area contributed by atoms with Crippen LogP contribution in [0.1, 0.15) is 43.0 Å². The average Bonchev–Trinajstić information content (AvgIpc) is 3.06. The van der Waals surface area contributed by atoms with Crippen molar-refractivity contribution >= 4 is 11.9 Å². The van der Waals surface area contributed by atoms with Gasteiger partial charge in [0.25, 0.3) is 0 Å². The van der Waals surface area contributed by atoms with Crippen LogP contribution in [0.2, 0.25) is 0 Å². The smallest absolute Gasteiger partial charge is 0.343 e. The molecule has 1 aliphatic rings. The first-order chi connectivity index (χ1) is 22.4. The standard InChI is InChI=1S/C36H42O10/c1-3-34(37)43-23-7-6-22-42-30-12-14-31(15-13-30)44-27-45-32-16-18-33(19-17-32)46-35(38)28-8-10-29(11-9-28)41-21-5-4-20-39-24-36(2)25-40-26-36/h3,8-19H,1,4-7,20-27H2,2H3. The van der Waals surface area contributed by atoms with Gasteiger partial charge in [0, 0.05) is 18.1 Å². The van der Waals surface area contributed by atoms with Gasteiger partial charge >= 0.3 is 11.9 Å². The summed E-state index contributed by atoms with van der Waals surface area (Å²) in [4.78, 5) is 23.6. The van der Waals surface area contributed by atoms with Crippen molar-refractivity contribution < 1.29 is 47.5 Å². The molecule has 46 heavy (non-hydrogen) atoms. The van der Waals surface area contributed by atoms with Gasteiger partial charge in [-0.15, -0.1) is 0 Å². The van der Waals surface area contributed by atoms with Gasteiger partial charge < -0.3 is 37.9 Å². The molecule has 3 aromatic carbocycles. The van der Waals surface area contributed by atoms with E-state index in [-0.39, 0.29) is 12.2 Å². The summed E-state index contributed by atoms with van der Waals surface area (Å²) in [6, 6.07) is 20.8. The van der Waals surface area contributed by atoms with Gasteiger partial charge in [-0.3, -0.25) is 0 Å². The van der Waals surface area contributed by atoms with Crippen LogP contribution in [0.15, 0.2) is 85.5 Å². The molecule has 0 unspecified atom stereocenters. The van der Waals surface area contributed by atoms with Gasteiger partial charge in [0.2, 0.25) is 6.79 Å². The first kappa shape index (κ1) is 34.3. The lowest BCUT2D eigenvalue weighted by Gasteiger charge is -2.37. The number of carbonyl (C=O) groups is 2. The fraction of sp³-hybridized carbons (Fsp3) is 0.389. The zero-order valence-corrected chi connectivity index (χ0v) is 26.3. The molecule has 1 aliphatic heterocycles. The topological polar surface area (TPSA) is 108 Å². The van der Waals surface area contributed by atoms with E-state index in [1.807, 2.05) is 12.1 Å². The van der Waals surface area contributed by atoms with E-state index in [9.17, 15) is 9.59 Å². The van der Waals surface area contributed by atoms with E-state index in [0.717, 1.165) is 45.2 Å². The Bertz CT molecular complexity index is 1350. The molecule has 0 atom stereocenters. The summed E-state index contributed by atoms with van der Waals surface area (Å²) < 4.78 is 44.1. The average molecular weight is 635 g/mol. The first-order valence-electron chi connectivity index (χ1n) is 15.4. The highest BCUT2D eigenvalue weighted by molar-refractivity contribution is 5.91. The summed E-state index contributed by atoms with van der Waals surface area (Å²) >= 11 is 0. The fourth-order valence-electron chi connectivity index (χ4n) is 4.23. The molecule has 4 rings (SSSR count). The maximum absolute atomic E-state index is 12.6. The summed E-state index contributed by atoms with van der Waals surface area (Å²) in [6.07, 6.45) is 4.41. The molecule has 10 heteroatoms. The van der Waals surface area contributed by atoms with E-state index in [2.05, 4.69) is 13.5 Å². The number of hydrogen-bond donors (Lipinski definition) is 0. The molecule has 1 heterocycles. The number of unbranched alkanes of at least 4 members (excludes halogenated alkanes) is 2. The molecule has 1 saturated heterocycles. The van der Waals surface area contributed by atoms with Crippen molar-refractivity contribution in [3.05, 3.63) is 91.0 Å². The van der Waals surface area contributed by atoms with Gasteiger partial charge in [0.15, 0.2) is 0 Å². The quantitative estimate of drug-likeness (QED) is 0.0428. The predicted molar refractivity (Wildman–Crippen MR) is 171 cm³/mol. The molecule has 0 saturated carbocycles. The van der Waals surface area contributed by atoms with E-state index >= 15 is 0 Å². The Morgan fingerprint density at radius 2 is 1.17 bits per heavy atom. The van der Waals surface area contributed by atoms with Crippen molar-refractivity contribution in [1.29, 1.82) is 0 Å². The molecule has 0 spiro atoms. The Morgan fingerprint density at radius 1 is 0.696 bits per heavy atom. The summed E-state index contributed by atoms with van der Waals surface area (Å²) in [7, 11) is 0. The zero-order chi connectivity index (χ0) is 32.5. The van der Waals surface area contributed by atoms with Crippen molar-refractivity contribution in [2.45, 2.75) is 32.6 Å². The third-order valence-corrected chi connectivity index (χ3v) is 6.92. The molecular weight excluding hydrogens is 592 g/mol. The molecule has 10 nitrogen and oxygen atoms in total. The van der Waals surface area contributed by atoms with Crippen molar-refractivity contribution in [2.75, 3.05) is 53.0 Å². The number of ether oxygens (including phenoxy) is 8. The molecule has 1 fully saturated rings. The third kappa shape index (κ3) is 12.1. The Hall–Kier alpha value is -4.54. The van der Waals surface area contributed by atoms with Gasteiger partial charge in [0.1, 0.15) is 28.7 Å². The highest BCUT2D eigenvalue weighted by Gasteiger charge is 2.33. The lowest BCUT2D eigenvalue weighted by Crippen LogP contribution is -2.43. The number of carbonyl (C=O) groups excluding carboxylic acids is 2.